The van der Waals surface area contributed by atoms with E-state index >= 15 is 0 Å². The van der Waals surface area contributed by atoms with Crippen LogP contribution in [0.4, 0.5) is 0 Å². The summed E-state index contributed by atoms with van der Waals surface area (Å²) in [6.07, 6.45) is 1.63. The molecule has 0 aliphatic rings. The molecule has 0 atom stereocenters. The highest BCUT2D eigenvalue weighted by Gasteiger charge is 2.10. The summed E-state index contributed by atoms with van der Waals surface area (Å²) in [5.41, 5.74) is 1.06. The Morgan fingerprint density at radius 1 is 1.26 bits per heavy atom. The maximum atomic E-state index is 11.9. The molecule has 1 rings (SSSR count). The second-order valence-electron chi connectivity index (χ2n) is 3.90. The Kier molecular flexibility index (Phi) is 6.32. The number of ether oxygens (including phenoxy) is 1. The second kappa shape index (κ2) is 8.05. The number of nitrogens with one attached hydrogen (secondary N) is 2. The lowest BCUT2D eigenvalue weighted by molar-refractivity contribution is -0.122. The van der Waals surface area contributed by atoms with Crippen molar-refractivity contribution in [2.24, 2.45) is 0 Å². The van der Waals surface area contributed by atoms with E-state index in [1.807, 2.05) is 30.3 Å². The molecule has 0 bridgehead atoms. The van der Waals surface area contributed by atoms with E-state index in [4.69, 9.17) is 4.74 Å². The molecule has 1 aromatic carbocycles. The second-order valence-corrected chi connectivity index (χ2v) is 3.90. The van der Waals surface area contributed by atoms with Crippen LogP contribution in [-0.2, 0) is 14.3 Å². The van der Waals surface area contributed by atoms with Crippen LogP contribution < -0.4 is 10.6 Å². The zero-order chi connectivity index (χ0) is 14.1. The molecule has 0 heterocycles. The van der Waals surface area contributed by atoms with Gasteiger partial charge in [-0.05, 0) is 11.6 Å². The number of rotatable bonds is 6. The SMILES string of the molecule is COCCNC(=O)/C(=C/c1ccccc1)NC(C)=O. The molecule has 0 aliphatic carbocycles. The molecule has 0 fully saturated rings. The molecule has 0 aliphatic heterocycles. The first kappa shape index (κ1) is 14.9. The summed E-state index contributed by atoms with van der Waals surface area (Å²) >= 11 is 0. The summed E-state index contributed by atoms with van der Waals surface area (Å²) in [6.45, 7) is 2.17. The van der Waals surface area contributed by atoms with Crippen molar-refractivity contribution in [1.29, 1.82) is 0 Å². The predicted octanol–water partition coefficient (Wildman–Crippen LogP) is 0.926. The highest BCUT2D eigenvalue weighted by molar-refractivity contribution is 6.00. The van der Waals surface area contributed by atoms with Gasteiger partial charge in [-0.25, -0.2) is 0 Å². The molecule has 0 unspecified atom stereocenters. The molecule has 102 valence electrons. The van der Waals surface area contributed by atoms with Crippen LogP contribution in [0.15, 0.2) is 36.0 Å². The van der Waals surface area contributed by atoms with E-state index in [2.05, 4.69) is 10.6 Å². The lowest BCUT2D eigenvalue weighted by Crippen LogP contribution is -2.35. The number of carbonyl (C=O) groups is 2. The topological polar surface area (TPSA) is 67.4 Å². The molecule has 1 aromatic rings. The van der Waals surface area contributed by atoms with E-state index < -0.39 is 0 Å². The van der Waals surface area contributed by atoms with Gasteiger partial charge in [-0.15, -0.1) is 0 Å². The van der Waals surface area contributed by atoms with Gasteiger partial charge in [0.15, 0.2) is 0 Å². The Morgan fingerprint density at radius 3 is 2.53 bits per heavy atom. The van der Waals surface area contributed by atoms with Gasteiger partial charge in [0.05, 0.1) is 6.61 Å². The van der Waals surface area contributed by atoms with Crippen LogP contribution in [0.2, 0.25) is 0 Å². The van der Waals surface area contributed by atoms with Crippen molar-refractivity contribution in [3.63, 3.8) is 0 Å². The van der Waals surface area contributed by atoms with Gasteiger partial charge in [0.25, 0.3) is 5.91 Å². The average Bonchev–Trinajstić information content (AvgIpc) is 2.39. The Bertz CT molecular complexity index is 455. The minimum Gasteiger partial charge on any atom is -0.383 e. The summed E-state index contributed by atoms with van der Waals surface area (Å²) in [4.78, 5) is 23.0. The van der Waals surface area contributed by atoms with Crippen LogP contribution in [0, 0.1) is 0 Å². The van der Waals surface area contributed by atoms with Gasteiger partial charge < -0.3 is 15.4 Å². The van der Waals surface area contributed by atoms with Gasteiger partial charge in [-0.3, -0.25) is 9.59 Å². The van der Waals surface area contributed by atoms with Crippen LogP contribution >= 0.6 is 0 Å². The fraction of sp³-hybridized carbons (Fsp3) is 0.286. The van der Waals surface area contributed by atoms with Crippen LogP contribution in [0.3, 0.4) is 0 Å². The maximum absolute atomic E-state index is 11.9. The normalized spacial score (nSPS) is 10.9. The number of methoxy groups -OCH3 is 1. The van der Waals surface area contributed by atoms with Gasteiger partial charge >= 0.3 is 0 Å². The van der Waals surface area contributed by atoms with E-state index in [0.717, 1.165) is 5.56 Å². The van der Waals surface area contributed by atoms with Crippen molar-refractivity contribution in [1.82, 2.24) is 10.6 Å². The van der Waals surface area contributed by atoms with Gasteiger partial charge in [-0.2, -0.15) is 0 Å². The zero-order valence-electron chi connectivity index (χ0n) is 11.1. The fourth-order valence-corrected chi connectivity index (χ4v) is 1.43. The number of hydrogen-bond donors (Lipinski definition) is 2. The van der Waals surface area contributed by atoms with Crippen LogP contribution in [0.5, 0.6) is 0 Å². The summed E-state index contributed by atoms with van der Waals surface area (Å²) in [5.74, 6) is -0.625. The largest absolute Gasteiger partial charge is 0.383 e. The third kappa shape index (κ3) is 5.83. The Hall–Kier alpha value is -2.14. The third-order valence-corrected chi connectivity index (χ3v) is 2.26. The van der Waals surface area contributed by atoms with Crippen molar-refractivity contribution < 1.29 is 14.3 Å². The average molecular weight is 262 g/mol. The number of hydrogen-bond acceptors (Lipinski definition) is 3. The highest BCUT2D eigenvalue weighted by atomic mass is 16.5. The van der Waals surface area contributed by atoms with E-state index in [1.165, 1.54) is 6.92 Å². The Labute approximate surface area is 112 Å². The van der Waals surface area contributed by atoms with Gasteiger partial charge in [0, 0.05) is 20.6 Å². The number of benzene rings is 1. The molecule has 0 radical (unpaired) electrons. The Balaban J connectivity index is 2.79. The first-order chi connectivity index (χ1) is 9.13. The minimum absolute atomic E-state index is 0.217. The molecule has 0 saturated carbocycles. The van der Waals surface area contributed by atoms with Gasteiger partial charge in [0.2, 0.25) is 5.91 Å². The smallest absolute Gasteiger partial charge is 0.267 e. The molecule has 0 spiro atoms. The molecular formula is C14H18N2O3. The van der Waals surface area contributed by atoms with E-state index in [-0.39, 0.29) is 17.5 Å². The first-order valence-electron chi connectivity index (χ1n) is 5.95. The molecular weight excluding hydrogens is 244 g/mol. The minimum atomic E-state index is -0.337. The first-order valence-corrected chi connectivity index (χ1v) is 5.95. The van der Waals surface area contributed by atoms with Crippen LogP contribution in [-0.4, -0.2) is 32.1 Å². The summed E-state index contributed by atoms with van der Waals surface area (Å²) in [5, 5.41) is 5.19. The molecule has 5 nitrogen and oxygen atoms in total. The molecule has 2 amide bonds. The summed E-state index contributed by atoms with van der Waals surface area (Å²) in [6, 6.07) is 9.31. The van der Waals surface area contributed by atoms with Crippen molar-refractivity contribution in [2.45, 2.75) is 6.92 Å². The number of amides is 2. The van der Waals surface area contributed by atoms with Crippen molar-refractivity contribution >= 4 is 17.9 Å². The molecule has 2 N–H and O–H groups in total. The monoisotopic (exact) mass is 262 g/mol. The quantitative estimate of drug-likeness (QED) is 0.592. The maximum Gasteiger partial charge on any atom is 0.267 e. The van der Waals surface area contributed by atoms with Crippen LogP contribution in [0.1, 0.15) is 12.5 Å². The van der Waals surface area contributed by atoms with Gasteiger partial charge in [-0.1, -0.05) is 30.3 Å². The predicted molar refractivity (Wildman–Crippen MR) is 73.1 cm³/mol. The summed E-state index contributed by atoms with van der Waals surface area (Å²) < 4.78 is 4.85. The van der Waals surface area contributed by atoms with Crippen molar-refractivity contribution in [2.75, 3.05) is 20.3 Å². The lowest BCUT2D eigenvalue weighted by Gasteiger charge is -2.09. The summed E-state index contributed by atoms with van der Waals surface area (Å²) in [7, 11) is 1.56. The van der Waals surface area contributed by atoms with E-state index in [9.17, 15) is 9.59 Å². The molecule has 5 heteroatoms. The Morgan fingerprint density at radius 2 is 1.95 bits per heavy atom. The van der Waals surface area contributed by atoms with Crippen molar-refractivity contribution in [3.8, 4) is 0 Å². The molecule has 0 saturated heterocycles. The number of carbonyl (C=O) groups excluding carboxylic acids is 2. The fourth-order valence-electron chi connectivity index (χ4n) is 1.43. The lowest BCUT2D eigenvalue weighted by atomic mass is 10.2. The van der Waals surface area contributed by atoms with Crippen LogP contribution in [0.25, 0.3) is 6.08 Å². The third-order valence-electron chi connectivity index (χ3n) is 2.26. The highest BCUT2D eigenvalue weighted by Crippen LogP contribution is 2.04. The molecule has 0 aromatic heterocycles. The standard InChI is InChI=1S/C14H18N2O3/c1-11(17)16-13(14(18)15-8-9-19-2)10-12-6-4-3-5-7-12/h3-7,10H,8-9H2,1-2H3,(H,15,18)(H,16,17)/b13-10-. The zero-order valence-corrected chi connectivity index (χ0v) is 11.1. The van der Waals surface area contributed by atoms with Gasteiger partial charge in [0.1, 0.15) is 5.70 Å². The van der Waals surface area contributed by atoms with E-state index in [0.29, 0.717) is 13.2 Å². The van der Waals surface area contributed by atoms with Crippen molar-refractivity contribution in [3.05, 3.63) is 41.6 Å². The molecule has 19 heavy (non-hydrogen) atoms. The van der Waals surface area contributed by atoms with E-state index in [1.54, 1.807) is 13.2 Å².